The molecule has 2 unspecified atom stereocenters. The molecule has 1 heterocycles. The number of benzene rings is 1. The molecule has 0 saturated carbocycles. The lowest BCUT2D eigenvalue weighted by Crippen LogP contribution is -2.29. The Labute approximate surface area is 159 Å². The van der Waals surface area contributed by atoms with E-state index >= 15 is 0 Å². The number of hydrogen-bond donors (Lipinski definition) is 0. The van der Waals surface area contributed by atoms with Crippen molar-refractivity contribution < 1.29 is 28.6 Å². The van der Waals surface area contributed by atoms with Gasteiger partial charge in [-0.1, -0.05) is 46.4 Å². The van der Waals surface area contributed by atoms with E-state index in [4.69, 9.17) is 14.2 Å². The fourth-order valence-electron chi connectivity index (χ4n) is 2.55. The van der Waals surface area contributed by atoms with Gasteiger partial charge in [0.25, 0.3) is 0 Å². The molecular formula is C21H26O6. The smallest absolute Gasteiger partial charge is 0.309 e. The molecule has 0 aliphatic carbocycles. The van der Waals surface area contributed by atoms with Gasteiger partial charge in [0.15, 0.2) is 18.0 Å². The van der Waals surface area contributed by atoms with E-state index in [0.29, 0.717) is 22.4 Å². The highest BCUT2D eigenvalue weighted by atomic mass is 16.6. The Bertz CT molecular complexity index is 762. The second kappa shape index (κ2) is 8.37. The number of Topliss-reactive ketones (excluding diaryl/α,β-unsaturated/α-hetero) is 1. The number of ketones is 1. The molecule has 0 bridgehead atoms. The first kappa shape index (κ1) is 20.7. The van der Waals surface area contributed by atoms with Gasteiger partial charge in [-0.2, -0.15) is 0 Å². The Morgan fingerprint density at radius 2 is 1.74 bits per heavy atom. The lowest BCUT2D eigenvalue weighted by molar-refractivity contribution is -0.156. The maximum absolute atomic E-state index is 12.2. The van der Waals surface area contributed by atoms with Crippen LogP contribution in [0, 0.1) is 11.8 Å². The molecule has 1 aromatic carbocycles. The number of fused-ring (bicyclic) bond motifs is 1. The Kier molecular flexibility index (Phi) is 6.41. The zero-order valence-electron chi connectivity index (χ0n) is 16.4. The van der Waals surface area contributed by atoms with Gasteiger partial charge in [-0.05, 0) is 13.0 Å². The predicted octanol–water partition coefficient (Wildman–Crippen LogP) is 3.65. The van der Waals surface area contributed by atoms with Crippen LogP contribution < -0.4 is 4.74 Å². The topological polar surface area (TPSA) is 78.9 Å². The molecule has 0 spiro atoms. The first-order chi connectivity index (χ1) is 12.6. The van der Waals surface area contributed by atoms with Crippen LogP contribution in [0.15, 0.2) is 30.4 Å². The number of ether oxygens (including phenoxy) is 3. The van der Waals surface area contributed by atoms with Crippen molar-refractivity contribution in [3.63, 3.8) is 0 Å². The van der Waals surface area contributed by atoms with Gasteiger partial charge in [0.2, 0.25) is 0 Å². The summed E-state index contributed by atoms with van der Waals surface area (Å²) in [5.41, 5.74) is 1.64. The average Bonchev–Trinajstić information content (AvgIpc) is 2.96. The van der Waals surface area contributed by atoms with Crippen molar-refractivity contribution in [2.24, 2.45) is 11.8 Å². The van der Waals surface area contributed by atoms with E-state index in [1.165, 1.54) is 6.92 Å². The second-order valence-corrected chi connectivity index (χ2v) is 7.28. The molecule has 146 valence electrons. The molecule has 2 atom stereocenters. The highest BCUT2D eigenvalue weighted by molar-refractivity contribution is 5.94. The summed E-state index contributed by atoms with van der Waals surface area (Å²) >= 11 is 0. The molecule has 6 nitrogen and oxygen atoms in total. The standard InChI is InChI=1S/C21H26O6/c1-11(2)20(23)25-10-13(5)18-19(27-21(24)12(3)4)16-8-7-15(14(6)22)9-17(16)26-18/h7-9,11-12,18-19H,5,10H2,1-4,6H3. The van der Waals surface area contributed by atoms with Crippen molar-refractivity contribution in [3.8, 4) is 5.75 Å². The molecule has 0 amide bonds. The molecule has 0 fully saturated rings. The molecule has 1 aliphatic rings. The Hall–Kier alpha value is -2.63. The van der Waals surface area contributed by atoms with E-state index in [1.54, 1.807) is 45.9 Å². The van der Waals surface area contributed by atoms with Crippen LogP contribution in [0.2, 0.25) is 0 Å². The third-order valence-corrected chi connectivity index (χ3v) is 4.24. The van der Waals surface area contributed by atoms with Gasteiger partial charge >= 0.3 is 11.9 Å². The van der Waals surface area contributed by atoms with Gasteiger partial charge < -0.3 is 14.2 Å². The zero-order chi connectivity index (χ0) is 20.3. The van der Waals surface area contributed by atoms with Crippen molar-refractivity contribution in [1.82, 2.24) is 0 Å². The minimum atomic E-state index is -0.707. The van der Waals surface area contributed by atoms with E-state index < -0.39 is 12.2 Å². The SMILES string of the molecule is C=C(COC(=O)C(C)C)C1Oc2cc(C(C)=O)ccc2C1OC(=O)C(C)C. The molecule has 0 N–H and O–H groups in total. The average molecular weight is 374 g/mol. The van der Waals surface area contributed by atoms with Gasteiger partial charge in [-0.3, -0.25) is 14.4 Å². The van der Waals surface area contributed by atoms with E-state index in [2.05, 4.69) is 6.58 Å². The number of rotatable bonds is 7. The number of esters is 2. The van der Waals surface area contributed by atoms with E-state index in [9.17, 15) is 14.4 Å². The molecule has 0 radical (unpaired) electrons. The Balaban J connectivity index is 2.26. The van der Waals surface area contributed by atoms with Crippen molar-refractivity contribution in [1.29, 1.82) is 0 Å². The summed E-state index contributed by atoms with van der Waals surface area (Å²) in [6, 6.07) is 5.02. The third kappa shape index (κ3) is 4.76. The molecule has 1 aromatic rings. The normalized spacial score (nSPS) is 18.0. The summed E-state index contributed by atoms with van der Waals surface area (Å²) in [5.74, 6) is -0.911. The van der Waals surface area contributed by atoms with Gasteiger partial charge in [-0.25, -0.2) is 0 Å². The summed E-state index contributed by atoms with van der Waals surface area (Å²) in [5, 5.41) is 0. The molecule has 0 saturated heterocycles. The number of carbonyl (C=O) groups is 3. The summed E-state index contributed by atoms with van der Waals surface area (Å²) in [7, 11) is 0. The van der Waals surface area contributed by atoms with Crippen LogP contribution in [0.1, 0.15) is 56.6 Å². The van der Waals surface area contributed by atoms with Crippen molar-refractivity contribution in [2.75, 3.05) is 6.61 Å². The quantitative estimate of drug-likeness (QED) is 0.412. The predicted molar refractivity (Wildman–Crippen MR) is 99.5 cm³/mol. The third-order valence-electron chi connectivity index (χ3n) is 4.24. The van der Waals surface area contributed by atoms with Gasteiger partial charge in [0.1, 0.15) is 12.4 Å². The summed E-state index contributed by atoms with van der Waals surface area (Å²) in [4.78, 5) is 35.5. The highest BCUT2D eigenvalue weighted by Gasteiger charge is 2.40. The summed E-state index contributed by atoms with van der Waals surface area (Å²) in [6.07, 6.45) is -1.40. The Morgan fingerprint density at radius 3 is 2.30 bits per heavy atom. The van der Waals surface area contributed by atoms with E-state index in [1.807, 2.05) is 0 Å². The molecule has 27 heavy (non-hydrogen) atoms. The van der Waals surface area contributed by atoms with Crippen LogP contribution in [0.4, 0.5) is 0 Å². The van der Waals surface area contributed by atoms with Gasteiger partial charge in [0, 0.05) is 16.7 Å². The summed E-state index contributed by atoms with van der Waals surface area (Å²) in [6.45, 7) is 12.3. The largest absolute Gasteiger partial charge is 0.481 e. The first-order valence-corrected chi connectivity index (χ1v) is 8.98. The van der Waals surface area contributed by atoms with Crippen LogP contribution in [0.5, 0.6) is 5.75 Å². The second-order valence-electron chi connectivity index (χ2n) is 7.28. The minimum Gasteiger partial charge on any atom is -0.481 e. The molecule has 2 rings (SSSR count). The maximum Gasteiger partial charge on any atom is 0.309 e. The van der Waals surface area contributed by atoms with E-state index in [-0.39, 0.29) is 36.2 Å². The van der Waals surface area contributed by atoms with Crippen molar-refractivity contribution in [2.45, 2.75) is 46.8 Å². The maximum atomic E-state index is 12.2. The van der Waals surface area contributed by atoms with Gasteiger partial charge in [-0.15, -0.1) is 0 Å². The van der Waals surface area contributed by atoms with Crippen LogP contribution in [0.25, 0.3) is 0 Å². The molecule has 6 heteroatoms. The molecule has 0 aromatic heterocycles. The van der Waals surface area contributed by atoms with Crippen LogP contribution in [-0.2, 0) is 19.1 Å². The minimum absolute atomic E-state index is 0.0367. The first-order valence-electron chi connectivity index (χ1n) is 8.98. The number of carbonyl (C=O) groups excluding carboxylic acids is 3. The lowest BCUT2D eigenvalue weighted by Gasteiger charge is -2.22. The Morgan fingerprint density at radius 1 is 1.11 bits per heavy atom. The van der Waals surface area contributed by atoms with Crippen LogP contribution in [-0.4, -0.2) is 30.4 Å². The fourth-order valence-corrected chi connectivity index (χ4v) is 2.55. The van der Waals surface area contributed by atoms with E-state index in [0.717, 1.165) is 0 Å². The van der Waals surface area contributed by atoms with Crippen LogP contribution in [0.3, 0.4) is 0 Å². The van der Waals surface area contributed by atoms with Crippen LogP contribution >= 0.6 is 0 Å². The van der Waals surface area contributed by atoms with Crippen molar-refractivity contribution in [3.05, 3.63) is 41.5 Å². The number of hydrogen-bond acceptors (Lipinski definition) is 6. The summed E-state index contributed by atoms with van der Waals surface area (Å²) < 4.78 is 16.8. The highest BCUT2D eigenvalue weighted by Crippen LogP contribution is 2.42. The zero-order valence-corrected chi connectivity index (χ0v) is 16.4. The van der Waals surface area contributed by atoms with Crippen molar-refractivity contribution >= 4 is 17.7 Å². The lowest BCUT2D eigenvalue weighted by atomic mass is 9.99. The monoisotopic (exact) mass is 374 g/mol. The van der Waals surface area contributed by atoms with Gasteiger partial charge in [0.05, 0.1) is 11.8 Å². The fraction of sp³-hybridized carbons (Fsp3) is 0.476. The molecule has 1 aliphatic heterocycles. The molecular weight excluding hydrogens is 348 g/mol.